The van der Waals surface area contributed by atoms with Crippen LogP contribution >= 0.6 is 0 Å². The summed E-state index contributed by atoms with van der Waals surface area (Å²) in [6.45, 7) is 5.11. The van der Waals surface area contributed by atoms with Crippen molar-refractivity contribution in [3.63, 3.8) is 0 Å². The fourth-order valence-corrected chi connectivity index (χ4v) is 4.26. The number of sulfonamides is 1. The number of halogens is 1. The SMILES string of the molecule is CCN(CC(=O)N(C)c1ccc(F)cc1)S(=O)(=O)c1cc(C)ccc1C. The molecule has 0 saturated carbocycles. The third-order valence-corrected chi connectivity index (χ3v) is 6.28. The van der Waals surface area contributed by atoms with Crippen molar-refractivity contribution in [1.29, 1.82) is 0 Å². The van der Waals surface area contributed by atoms with Crippen molar-refractivity contribution in [2.75, 3.05) is 25.0 Å². The van der Waals surface area contributed by atoms with E-state index < -0.39 is 21.7 Å². The van der Waals surface area contributed by atoms with Crippen molar-refractivity contribution in [3.05, 3.63) is 59.4 Å². The lowest BCUT2D eigenvalue weighted by Gasteiger charge is -2.24. The molecule has 0 radical (unpaired) electrons. The third kappa shape index (κ3) is 4.28. The quantitative estimate of drug-likeness (QED) is 0.776. The Bertz CT molecular complexity index is 896. The summed E-state index contributed by atoms with van der Waals surface area (Å²) in [6, 6.07) is 10.7. The summed E-state index contributed by atoms with van der Waals surface area (Å²) in [4.78, 5) is 14.1. The molecule has 0 bridgehead atoms. The molecule has 0 aromatic heterocycles. The Kier molecular flexibility index (Phi) is 6.15. The number of benzene rings is 2. The van der Waals surface area contributed by atoms with Gasteiger partial charge in [-0.25, -0.2) is 12.8 Å². The first-order valence-electron chi connectivity index (χ1n) is 8.26. The number of aryl methyl sites for hydroxylation is 2. The molecule has 0 heterocycles. The van der Waals surface area contributed by atoms with Gasteiger partial charge in [-0.15, -0.1) is 0 Å². The van der Waals surface area contributed by atoms with Gasteiger partial charge in [0, 0.05) is 19.3 Å². The molecule has 140 valence electrons. The van der Waals surface area contributed by atoms with Gasteiger partial charge in [0.05, 0.1) is 11.4 Å². The van der Waals surface area contributed by atoms with Gasteiger partial charge >= 0.3 is 0 Å². The van der Waals surface area contributed by atoms with Crippen molar-refractivity contribution in [2.24, 2.45) is 0 Å². The van der Waals surface area contributed by atoms with E-state index in [9.17, 15) is 17.6 Å². The predicted octanol–water partition coefficient (Wildman–Crippen LogP) is 3.12. The van der Waals surface area contributed by atoms with Crippen LogP contribution in [-0.4, -0.2) is 38.8 Å². The fourth-order valence-electron chi connectivity index (χ4n) is 2.56. The molecule has 2 aromatic carbocycles. The van der Waals surface area contributed by atoms with Crippen molar-refractivity contribution >= 4 is 21.6 Å². The lowest BCUT2D eigenvalue weighted by Crippen LogP contribution is -2.41. The second-order valence-corrected chi connectivity index (χ2v) is 8.04. The summed E-state index contributed by atoms with van der Waals surface area (Å²) in [6.07, 6.45) is 0. The van der Waals surface area contributed by atoms with E-state index in [1.165, 1.54) is 36.2 Å². The van der Waals surface area contributed by atoms with Crippen LogP contribution in [0.15, 0.2) is 47.4 Å². The zero-order chi connectivity index (χ0) is 19.5. The highest BCUT2D eigenvalue weighted by molar-refractivity contribution is 7.89. The standard InChI is InChI=1S/C19H23FN2O3S/c1-5-22(26(24,25)18-12-14(2)6-7-15(18)3)13-19(23)21(4)17-10-8-16(20)9-11-17/h6-12H,5,13H2,1-4H3. The molecular formula is C19H23FN2O3S. The maximum Gasteiger partial charge on any atom is 0.243 e. The molecule has 0 aliphatic rings. The van der Waals surface area contributed by atoms with Crippen LogP contribution in [0.4, 0.5) is 10.1 Å². The monoisotopic (exact) mass is 378 g/mol. The van der Waals surface area contributed by atoms with E-state index in [0.717, 1.165) is 9.87 Å². The number of anilines is 1. The Morgan fingerprint density at radius 1 is 1.08 bits per heavy atom. The average molecular weight is 378 g/mol. The predicted molar refractivity (Wildman–Crippen MR) is 100 cm³/mol. The van der Waals surface area contributed by atoms with Crippen LogP contribution in [0.1, 0.15) is 18.1 Å². The largest absolute Gasteiger partial charge is 0.314 e. The number of amides is 1. The van der Waals surface area contributed by atoms with Crippen LogP contribution in [0.2, 0.25) is 0 Å². The van der Waals surface area contributed by atoms with Crippen LogP contribution in [-0.2, 0) is 14.8 Å². The smallest absolute Gasteiger partial charge is 0.243 e. The molecule has 0 spiro atoms. The lowest BCUT2D eigenvalue weighted by atomic mass is 10.2. The van der Waals surface area contributed by atoms with E-state index in [1.807, 2.05) is 13.0 Å². The number of hydrogen-bond acceptors (Lipinski definition) is 3. The van der Waals surface area contributed by atoms with Crippen molar-refractivity contribution in [1.82, 2.24) is 4.31 Å². The Balaban J connectivity index is 2.26. The third-order valence-electron chi connectivity index (χ3n) is 4.21. The number of rotatable bonds is 6. The fraction of sp³-hybridized carbons (Fsp3) is 0.316. The molecule has 2 rings (SSSR count). The van der Waals surface area contributed by atoms with Gasteiger partial charge in [0.15, 0.2) is 0 Å². The summed E-state index contributed by atoms with van der Waals surface area (Å²) in [5.41, 5.74) is 1.96. The molecule has 0 fully saturated rings. The zero-order valence-corrected chi connectivity index (χ0v) is 16.2. The zero-order valence-electron chi connectivity index (χ0n) is 15.4. The highest BCUT2D eigenvalue weighted by Crippen LogP contribution is 2.22. The van der Waals surface area contributed by atoms with Crippen LogP contribution in [0, 0.1) is 19.7 Å². The summed E-state index contributed by atoms with van der Waals surface area (Å²) in [5, 5.41) is 0. The number of carbonyl (C=O) groups excluding carboxylic acids is 1. The van der Waals surface area contributed by atoms with E-state index in [-0.39, 0.29) is 18.0 Å². The lowest BCUT2D eigenvalue weighted by molar-refractivity contribution is -0.118. The molecular weight excluding hydrogens is 355 g/mol. The highest BCUT2D eigenvalue weighted by atomic mass is 32.2. The molecule has 0 N–H and O–H groups in total. The second-order valence-electron chi connectivity index (χ2n) is 6.13. The molecule has 26 heavy (non-hydrogen) atoms. The summed E-state index contributed by atoms with van der Waals surface area (Å²) < 4.78 is 40.2. The van der Waals surface area contributed by atoms with Crippen LogP contribution in [0.5, 0.6) is 0 Å². The van der Waals surface area contributed by atoms with Gasteiger partial charge in [0.25, 0.3) is 0 Å². The minimum Gasteiger partial charge on any atom is -0.314 e. The number of hydrogen-bond donors (Lipinski definition) is 0. The van der Waals surface area contributed by atoms with Gasteiger partial charge in [-0.05, 0) is 55.3 Å². The molecule has 1 amide bonds. The molecule has 0 unspecified atom stereocenters. The van der Waals surface area contributed by atoms with E-state index in [0.29, 0.717) is 11.3 Å². The Morgan fingerprint density at radius 2 is 1.69 bits per heavy atom. The van der Waals surface area contributed by atoms with Crippen molar-refractivity contribution in [2.45, 2.75) is 25.7 Å². The minimum atomic E-state index is -3.80. The average Bonchev–Trinajstić information content (AvgIpc) is 2.61. The number of carbonyl (C=O) groups is 1. The number of nitrogens with zero attached hydrogens (tertiary/aromatic N) is 2. The van der Waals surface area contributed by atoms with Gasteiger partial charge in [0.1, 0.15) is 5.82 Å². The first-order valence-corrected chi connectivity index (χ1v) is 9.70. The molecule has 5 nitrogen and oxygen atoms in total. The van der Waals surface area contributed by atoms with Gasteiger partial charge in [0.2, 0.25) is 15.9 Å². The Hall–Kier alpha value is -2.25. The maximum absolute atomic E-state index is 13.0. The normalized spacial score (nSPS) is 11.6. The van der Waals surface area contributed by atoms with E-state index in [4.69, 9.17) is 0 Å². The van der Waals surface area contributed by atoms with Gasteiger partial charge in [-0.2, -0.15) is 4.31 Å². The topological polar surface area (TPSA) is 57.7 Å². The summed E-state index contributed by atoms with van der Waals surface area (Å²) >= 11 is 0. The van der Waals surface area contributed by atoms with Crippen LogP contribution in [0.25, 0.3) is 0 Å². The van der Waals surface area contributed by atoms with E-state index in [2.05, 4.69) is 0 Å². The highest BCUT2D eigenvalue weighted by Gasteiger charge is 2.28. The van der Waals surface area contributed by atoms with Crippen LogP contribution in [0.3, 0.4) is 0 Å². The number of likely N-dealkylation sites (N-methyl/N-ethyl adjacent to an activating group) is 2. The Morgan fingerprint density at radius 3 is 2.27 bits per heavy atom. The Labute approximate surface area is 154 Å². The van der Waals surface area contributed by atoms with E-state index >= 15 is 0 Å². The van der Waals surface area contributed by atoms with Gasteiger partial charge in [-0.3, -0.25) is 4.79 Å². The van der Waals surface area contributed by atoms with Gasteiger partial charge < -0.3 is 4.90 Å². The maximum atomic E-state index is 13.0. The van der Waals surface area contributed by atoms with Crippen molar-refractivity contribution in [3.8, 4) is 0 Å². The van der Waals surface area contributed by atoms with Crippen molar-refractivity contribution < 1.29 is 17.6 Å². The van der Waals surface area contributed by atoms with Crippen LogP contribution < -0.4 is 4.90 Å². The summed E-state index contributed by atoms with van der Waals surface area (Å²) in [5.74, 6) is -0.797. The molecule has 0 atom stereocenters. The second kappa shape index (κ2) is 7.97. The first kappa shape index (κ1) is 20.1. The molecule has 0 aliphatic heterocycles. The first-order chi connectivity index (χ1) is 12.2. The molecule has 0 saturated heterocycles. The molecule has 2 aromatic rings. The molecule has 7 heteroatoms. The van der Waals surface area contributed by atoms with E-state index in [1.54, 1.807) is 26.0 Å². The molecule has 0 aliphatic carbocycles. The minimum absolute atomic E-state index is 0.165. The van der Waals surface area contributed by atoms with Gasteiger partial charge in [-0.1, -0.05) is 19.1 Å². The summed E-state index contributed by atoms with van der Waals surface area (Å²) in [7, 11) is -2.26.